The number of hydrogen-bond donors (Lipinski definition) is 0. The van der Waals surface area contributed by atoms with Crippen LogP contribution in [0.5, 0.6) is 0 Å². The molecule has 0 radical (unpaired) electrons. The van der Waals surface area contributed by atoms with Crippen LogP contribution in [0.4, 0.5) is 0 Å². The maximum Gasteiger partial charge on any atom is 0.235 e. The van der Waals surface area contributed by atoms with Gasteiger partial charge in [-0.2, -0.15) is 0 Å². The molecular weight excluding hydrogens is 997 g/mol. The van der Waals surface area contributed by atoms with E-state index in [0.717, 1.165) is 66.6 Å². The first-order valence-electron chi connectivity index (χ1n) is 27.7. The van der Waals surface area contributed by atoms with Crippen LogP contribution in [0.1, 0.15) is 0 Å². The van der Waals surface area contributed by atoms with Crippen molar-refractivity contribution >= 4 is 72.4 Å². The van der Waals surface area contributed by atoms with E-state index in [4.69, 9.17) is 9.97 Å². The Labute approximate surface area is 471 Å². The Morgan fingerprint density at radius 1 is 0.235 bits per heavy atom. The molecule has 380 valence electrons. The largest absolute Gasteiger partial charge is 0.309 e. The Morgan fingerprint density at radius 2 is 0.617 bits per heavy atom. The van der Waals surface area contributed by atoms with Gasteiger partial charge in [0.25, 0.3) is 0 Å². The highest BCUT2D eigenvalue weighted by Crippen LogP contribution is 2.39. The predicted molar refractivity (Wildman–Crippen MR) is 342 cm³/mol. The minimum absolute atomic E-state index is 0.598. The van der Waals surface area contributed by atoms with E-state index < -0.39 is 8.07 Å². The molecule has 0 saturated carbocycles. The molecule has 0 atom stereocenters. The van der Waals surface area contributed by atoms with Crippen molar-refractivity contribution in [2.24, 2.45) is 0 Å². The summed E-state index contributed by atoms with van der Waals surface area (Å²) < 4.78 is 4.67. The lowest BCUT2D eigenvalue weighted by Gasteiger charge is -2.35. The lowest BCUT2D eigenvalue weighted by molar-refractivity contribution is 0.994. The molecule has 81 heavy (non-hydrogen) atoms. The summed E-state index contributed by atoms with van der Waals surface area (Å²) in [6, 6.07) is 115. The van der Waals surface area contributed by atoms with Crippen molar-refractivity contribution in [1.82, 2.24) is 19.1 Å². The lowest BCUT2D eigenvalue weighted by Crippen LogP contribution is -2.74. The summed E-state index contributed by atoms with van der Waals surface area (Å²) in [5, 5.41) is 9.83. The van der Waals surface area contributed by atoms with Crippen LogP contribution in [-0.4, -0.2) is 27.2 Å². The zero-order valence-corrected chi connectivity index (χ0v) is 45.3. The van der Waals surface area contributed by atoms with E-state index in [1.807, 2.05) is 0 Å². The molecule has 0 unspecified atom stereocenters. The first-order valence-corrected chi connectivity index (χ1v) is 29.7. The number of hydrogen-bond acceptors (Lipinski definition) is 2. The van der Waals surface area contributed by atoms with Gasteiger partial charge in [-0.05, 0) is 96.6 Å². The maximum atomic E-state index is 5.75. The number of benzene rings is 12. The summed E-state index contributed by atoms with van der Waals surface area (Å²) in [5.74, 6) is 0.598. The Kier molecular flexibility index (Phi) is 11.8. The molecule has 0 bridgehead atoms. The number of aromatic nitrogens is 4. The normalized spacial score (nSPS) is 11.7. The molecule has 15 aromatic rings. The Balaban J connectivity index is 1.01. The van der Waals surface area contributed by atoms with Gasteiger partial charge in [0.1, 0.15) is 0 Å². The van der Waals surface area contributed by atoms with Crippen molar-refractivity contribution in [3.63, 3.8) is 0 Å². The molecule has 12 aromatic carbocycles. The van der Waals surface area contributed by atoms with Crippen LogP contribution >= 0.6 is 0 Å². The molecule has 0 aliphatic carbocycles. The molecule has 0 amide bonds. The predicted octanol–water partition coefficient (Wildman–Crippen LogP) is 16.4. The lowest BCUT2D eigenvalue weighted by atomic mass is 10.0. The minimum Gasteiger partial charge on any atom is -0.309 e. The molecule has 0 spiro atoms. The average Bonchev–Trinajstić information content (AvgIpc) is 4.24. The zero-order valence-electron chi connectivity index (χ0n) is 44.3. The summed E-state index contributed by atoms with van der Waals surface area (Å²) >= 11 is 0. The fourth-order valence-electron chi connectivity index (χ4n) is 12.6. The number of nitrogens with zero attached hydrogens (tertiary/aromatic N) is 4. The van der Waals surface area contributed by atoms with E-state index in [-0.39, 0.29) is 0 Å². The number of para-hydroxylation sites is 4. The van der Waals surface area contributed by atoms with Gasteiger partial charge in [0.05, 0.1) is 39.1 Å². The van der Waals surface area contributed by atoms with Gasteiger partial charge >= 0.3 is 0 Å². The van der Waals surface area contributed by atoms with Crippen LogP contribution in [0.3, 0.4) is 0 Å². The van der Waals surface area contributed by atoms with Crippen molar-refractivity contribution in [2.75, 3.05) is 0 Å². The minimum atomic E-state index is -3.19. The number of rotatable bonds is 11. The summed E-state index contributed by atoms with van der Waals surface area (Å²) in [7, 11) is -3.19. The van der Waals surface area contributed by atoms with E-state index in [0.29, 0.717) is 5.95 Å². The third-order valence-corrected chi connectivity index (χ3v) is 21.0. The number of fused-ring (bicyclic) bond motifs is 6. The van der Waals surface area contributed by atoms with Crippen LogP contribution < -0.4 is 20.7 Å². The third-order valence-electron chi connectivity index (χ3n) is 16.3. The summed E-state index contributed by atoms with van der Waals surface area (Å²) in [5.41, 5.74) is 16.1. The van der Waals surface area contributed by atoms with Crippen LogP contribution in [0.15, 0.2) is 315 Å². The van der Waals surface area contributed by atoms with E-state index in [2.05, 4.69) is 325 Å². The third kappa shape index (κ3) is 8.21. The van der Waals surface area contributed by atoms with Crippen molar-refractivity contribution < 1.29 is 0 Å². The molecule has 3 aromatic heterocycles. The highest BCUT2D eigenvalue weighted by Gasteiger charge is 2.42. The zero-order chi connectivity index (χ0) is 53.7. The second-order valence-electron chi connectivity index (χ2n) is 20.9. The standard InChI is InChI=1S/C76H52N4Si/c1-5-24-53(25-6-1)56-30-21-35-61(48-56)81(60-33-11-4-12-34-60,62-36-22-31-57(49-62)54-26-7-2-8-27-54)63-37-23-32-59(50-63)69-52-70(67-41-16-20-45-74(67)79-71-42-17-13-38-64(71)65-39-14-18-43-72(65)79)78-76(77-69)80-73-44-19-15-40-66(73)68-51-58(46-47-75(68)80)55-28-9-3-10-29-55/h1-52H. The molecule has 4 nitrogen and oxygen atoms in total. The summed E-state index contributed by atoms with van der Waals surface area (Å²) in [6.07, 6.45) is 0. The van der Waals surface area contributed by atoms with Crippen molar-refractivity contribution in [2.45, 2.75) is 0 Å². The first kappa shape index (κ1) is 47.7. The van der Waals surface area contributed by atoms with Gasteiger partial charge in [-0.3, -0.25) is 4.57 Å². The van der Waals surface area contributed by atoms with Gasteiger partial charge in [-0.1, -0.05) is 273 Å². The van der Waals surface area contributed by atoms with Gasteiger partial charge in [0, 0.05) is 32.7 Å². The van der Waals surface area contributed by atoms with Crippen LogP contribution in [0, 0.1) is 0 Å². The molecule has 3 heterocycles. The van der Waals surface area contributed by atoms with Gasteiger partial charge in [0.15, 0.2) is 8.07 Å². The monoisotopic (exact) mass is 1050 g/mol. The van der Waals surface area contributed by atoms with Crippen LogP contribution in [0.2, 0.25) is 0 Å². The molecule has 0 aliphatic rings. The Bertz CT molecular complexity index is 4680. The van der Waals surface area contributed by atoms with Crippen molar-refractivity contribution in [3.05, 3.63) is 315 Å². The fourth-order valence-corrected chi connectivity index (χ4v) is 17.5. The van der Waals surface area contributed by atoms with E-state index in [1.165, 1.54) is 59.3 Å². The topological polar surface area (TPSA) is 35.6 Å². The Morgan fingerprint density at radius 3 is 1.17 bits per heavy atom. The molecule has 0 saturated heterocycles. The highest BCUT2D eigenvalue weighted by atomic mass is 28.3. The van der Waals surface area contributed by atoms with Gasteiger partial charge in [-0.25, -0.2) is 9.97 Å². The SMILES string of the molecule is c1ccc(-c2cccc([Si](c3ccccc3)(c3cccc(-c4ccccc4)c3)c3cccc(-c4cc(-c5ccccc5-n5c6ccccc6c6ccccc65)nc(-n5c6ccccc6c6cc(-c7ccccc7)ccc65)n4)c3)c2)cc1. The Hall–Kier alpha value is -10.5. The van der Waals surface area contributed by atoms with E-state index in [1.54, 1.807) is 0 Å². The maximum absolute atomic E-state index is 5.75. The molecule has 0 fully saturated rings. The second kappa shape index (κ2) is 20.1. The summed E-state index contributed by atoms with van der Waals surface area (Å²) in [4.78, 5) is 11.5. The first-order chi connectivity index (χ1) is 40.2. The smallest absolute Gasteiger partial charge is 0.235 e. The quantitative estimate of drug-likeness (QED) is 0.0956. The summed E-state index contributed by atoms with van der Waals surface area (Å²) in [6.45, 7) is 0. The van der Waals surface area contributed by atoms with Gasteiger partial charge < -0.3 is 4.57 Å². The average molecular weight is 1050 g/mol. The van der Waals surface area contributed by atoms with Crippen LogP contribution in [-0.2, 0) is 0 Å². The van der Waals surface area contributed by atoms with E-state index >= 15 is 0 Å². The van der Waals surface area contributed by atoms with Gasteiger partial charge in [-0.15, -0.1) is 0 Å². The van der Waals surface area contributed by atoms with Gasteiger partial charge in [0.2, 0.25) is 5.95 Å². The fraction of sp³-hybridized carbons (Fsp3) is 0. The van der Waals surface area contributed by atoms with E-state index in [9.17, 15) is 0 Å². The molecule has 0 N–H and O–H groups in total. The second-order valence-corrected chi connectivity index (χ2v) is 24.7. The highest BCUT2D eigenvalue weighted by molar-refractivity contribution is 7.20. The molecule has 0 aliphatic heterocycles. The molecule has 15 rings (SSSR count). The molecule has 5 heteroatoms. The van der Waals surface area contributed by atoms with Crippen molar-refractivity contribution in [3.8, 4) is 67.5 Å². The van der Waals surface area contributed by atoms with Crippen molar-refractivity contribution in [1.29, 1.82) is 0 Å². The molecular formula is C76H52N4Si. The van der Waals surface area contributed by atoms with Crippen LogP contribution in [0.25, 0.3) is 111 Å².